The molecule has 0 aliphatic carbocycles. The molecule has 0 unspecified atom stereocenters. The first kappa shape index (κ1) is 11.7. The lowest BCUT2D eigenvalue weighted by molar-refractivity contribution is 0.0674. The van der Waals surface area contributed by atoms with Gasteiger partial charge in [-0.2, -0.15) is 0 Å². The van der Waals surface area contributed by atoms with Gasteiger partial charge in [-0.15, -0.1) is 0 Å². The Balaban J connectivity index is 2.57. The Morgan fingerprint density at radius 3 is 2.67 bits per heavy atom. The molecule has 1 aromatic heterocycles. The van der Waals surface area contributed by atoms with Crippen molar-refractivity contribution < 1.29 is 14.4 Å². The van der Waals surface area contributed by atoms with Gasteiger partial charge >= 0.3 is 5.91 Å². The molecule has 0 aliphatic rings. The molecule has 5 heteroatoms. The number of furan rings is 1. The van der Waals surface area contributed by atoms with Gasteiger partial charge in [0.1, 0.15) is 5.76 Å². The average molecular weight is 212 g/mol. The zero-order valence-corrected chi connectivity index (χ0v) is 9.13. The Morgan fingerprint density at radius 2 is 2.13 bits per heavy atom. The van der Waals surface area contributed by atoms with Crippen LogP contribution in [0.4, 0.5) is 0 Å². The van der Waals surface area contributed by atoms with Crippen LogP contribution in [0, 0.1) is 0 Å². The molecule has 15 heavy (non-hydrogen) atoms. The minimum atomic E-state index is -0.642. The molecule has 0 aliphatic heterocycles. The standard InChI is InChI=1S/C10H16N2O3/c1-10(2,3)11-6-7-4-5-8(15-7)9(13)12-14/h4-5,11,14H,6H2,1-3H3,(H,12,13). The van der Waals surface area contributed by atoms with E-state index in [2.05, 4.69) is 5.32 Å². The summed E-state index contributed by atoms with van der Waals surface area (Å²) in [5.41, 5.74) is 1.51. The molecule has 84 valence electrons. The van der Waals surface area contributed by atoms with E-state index in [0.29, 0.717) is 12.3 Å². The van der Waals surface area contributed by atoms with E-state index in [1.165, 1.54) is 11.5 Å². The molecule has 5 nitrogen and oxygen atoms in total. The summed E-state index contributed by atoms with van der Waals surface area (Å²) in [4.78, 5) is 11.0. The fourth-order valence-corrected chi connectivity index (χ4v) is 1.00. The largest absolute Gasteiger partial charge is 0.454 e. The molecule has 0 aromatic carbocycles. The van der Waals surface area contributed by atoms with Crippen molar-refractivity contribution in [3.8, 4) is 0 Å². The lowest BCUT2D eigenvalue weighted by Crippen LogP contribution is -2.34. The van der Waals surface area contributed by atoms with Gasteiger partial charge in [0.05, 0.1) is 6.54 Å². The Morgan fingerprint density at radius 1 is 1.47 bits per heavy atom. The molecular formula is C10H16N2O3. The van der Waals surface area contributed by atoms with Crippen molar-refractivity contribution in [3.63, 3.8) is 0 Å². The molecule has 0 atom stereocenters. The summed E-state index contributed by atoms with van der Waals surface area (Å²) in [5.74, 6) is 0.115. The summed E-state index contributed by atoms with van der Waals surface area (Å²) in [6.07, 6.45) is 0. The van der Waals surface area contributed by atoms with Crippen molar-refractivity contribution in [2.24, 2.45) is 0 Å². The number of nitrogens with one attached hydrogen (secondary N) is 2. The summed E-state index contributed by atoms with van der Waals surface area (Å²) in [7, 11) is 0. The van der Waals surface area contributed by atoms with Crippen LogP contribution in [-0.2, 0) is 6.54 Å². The highest BCUT2D eigenvalue weighted by Gasteiger charge is 2.12. The van der Waals surface area contributed by atoms with Crippen molar-refractivity contribution in [1.82, 2.24) is 10.8 Å². The minimum Gasteiger partial charge on any atom is -0.454 e. The monoisotopic (exact) mass is 212 g/mol. The van der Waals surface area contributed by atoms with Crippen molar-refractivity contribution in [2.75, 3.05) is 0 Å². The Hall–Kier alpha value is -1.33. The lowest BCUT2D eigenvalue weighted by Gasteiger charge is -2.19. The van der Waals surface area contributed by atoms with Crippen LogP contribution in [0.5, 0.6) is 0 Å². The average Bonchev–Trinajstić information content (AvgIpc) is 2.61. The lowest BCUT2D eigenvalue weighted by atomic mass is 10.1. The molecule has 0 fully saturated rings. The van der Waals surface area contributed by atoms with Crippen LogP contribution < -0.4 is 10.8 Å². The van der Waals surface area contributed by atoms with Gasteiger partial charge in [-0.3, -0.25) is 10.0 Å². The van der Waals surface area contributed by atoms with Crippen molar-refractivity contribution in [3.05, 3.63) is 23.7 Å². The molecule has 0 saturated heterocycles. The number of carbonyl (C=O) groups excluding carboxylic acids is 1. The van der Waals surface area contributed by atoms with E-state index in [0.717, 1.165) is 0 Å². The van der Waals surface area contributed by atoms with Crippen molar-refractivity contribution in [1.29, 1.82) is 0 Å². The normalized spacial score (nSPS) is 11.5. The summed E-state index contributed by atoms with van der Waals surface area (Å²) in [6, 6.07) is 3.22. The van der Waals surface area contributed by atoms with Crippen molar-refractivity contribution >= 4 is 5.91 Å². The second kappa shape index (κ2) is 4.46. The van der Waals surface area contributed by atoms with Crippen LogP contribution in [-0.4, -0.2) is 16.7 Å². The van der Waals surface area contributed by atoms with Gasteiger partial charge in [0.15, 0.2) is 5.76 Å². The van der Waals surface area contributed by atoms with Gasteiger partial charge in [-0.25, -0.2) is 5.48 Å². The molecule has 1 amide bonds. The third-order valence-corrected chi connectivity index (χ3v) is 1.78. The maximum absolute atomic E-state index is 11.0. The van der Waals surface area contributed by atoms with E-state index in [4.69, 9.17) is 9.62 Å². The number of hydroxylamine groups is 1. The SMILES string of the molecule is CC(C)(C)NCc1ccc(C(=O)NO)o1. The second-order valence-corrected chi connectivity index (χ2v) is 4.31. The number of hydrogen-bond acceptors (Lipinski definition) is 4. The number of amides is 1. The molecule has 0 saturated carbocycles. The van der Waals surface area contributed by atoms with E-state index < -0.39 is 5.91 Å². The number of rotatable bonds is 3. The highest BCUT2D eigenvalue weighted by Crippen LogP contribution is 2.09. The van der Waals surface area contributed by atoms with Gasteiger partial charge in [0.25, 0.3) is 0 Å². The van der Waals surface area contributed by atoms with Crippen LogP contribution in [0.3, 0.4) is 0 Å². The first-order valence-electron chi connectivity index (χ1n) is 4.70. The predicted octanol–water partition coefficient (Wildman–Crippen LogP) is 1.29. The smallest absolute Gasteiger partial charge is 0.310 e. The minimum absolute atomic E-state index is 0.00775. The predicted molar refractivity (Wildman–Crippen MR) is 54.6 cm³/mol. The van der Waals surface area contributed by atoms with Gasteiger partial charge in [0.2, 0.25) is 0 Å². The second-order valence-electron chi connectivity index (χ2n) is 4.31. The third kappa shape index (κ3) is 3.73. The van der Waals surface area contributed by atoms with Gasteiger partial charge < -0.3 is 9.73 Å². The van der Waals surface area contributed by atoms with E-state index in [1.54, 1.807) is 6.07 Å². The maximum atomic E-state index is 11.0. The highest BCUT2D eigenvalue weighted by molar-refractivity contribution is 5.90. The molecular weight excluding hydrogens is 196 g/mol. The van der Waals surface area contributed by atoms with Crippen LogP contribution in [0.15, 0.2) is 16.5 Å². The van der Waals surface area contributed by atoms with Crippen LogP contribution in [0.2, 0.25) is 0 Å². The number of hydrogen-bond donors (Lipinski definition) is 3. The first-order valence-corrected chi connectivity index (χ1v) is 4.70. The van der Waals surface area contributed by atoms with E-state index in [-0.39, 0.29) is 11.3 Å². The van der Waals surface area contributed by atoms with E-state index in [9.17, 15) is 4.79 Å². The molecule has 1 rings (SSSR count). The Labute approximate surface area is 88.4 Å². The van der Waals surface area contributed by atoms with Crippen molar-refractivity contribution in [2.45, 2.75) is 32.9 Å². The van der Waals surface area contributed by atoms with E-state index in [1.807, 2.05) is 20.8 Å². The molecule has 0 bridgehead atoms. The van der Waals surface area contributed by atoms with Gasteiger partial charge in [-0.1, -0.05) is 0 Å². The fourth-order valence-electron chi connectivity index (χ4n) is 1.00. The first-order chi connectivity index (χ1) is 6.92. The molecule has 1 heterocycles. The zero-order valence-electron chi connectivity index (χ0n) is 9.13. The molecule has 0 spiro atoms. The maximum Gasteiger partial charge on any atom is 0.310 e. The fraction of sp³-hybridized carbons (Fsp3) is 0.500. The number of carbonyl (C=O) groups is 1. The van der Waals surface area contributed by atoms with Gasteiger partial charge in [0, 0.05) is 5.54 Å². The van der Waals surface area contributed by atoms with E-state index >= 15 is 0 Å². The van der Waals surface area contributed by atoms with Crippen LogP contribution in [0.25, 0.3) is 0 Å². The zero-order chi connectivity index (χ0) is 11.5. The van der Waals surface area contributed by atoms with Gasteiger partial charge in [-0.05, 0) is 32.9 Å². The topological polar surface area (TPSA) is 74.5 Å². The molecule has 3 N–H and O–H groups in total. The Kier molecular flexibility index (Phi) is 3.49. The highest BCUT2D eigenvalue weighted by atomic mass is 16.5. The summed E-state index contributed by atoms with van der Waals surface area (Å²) < 4.78 is 5.20. The van der Waals surface area contributed by atoms with Crippen LogP contribution >= 0.6 is 0 Å². The Bertz CT molecular complexity index is 339. The summed E-state index contributed by atoms with van der Waals surface area (Å²) >= 11 is 0. The third-order valence-electron chi connectivity index (χ3n) is 1.78. The molecule has 1 aromatic rings. The summed E-state index contributed by atoms with van der Waals surface area (Å²) in [5, 5.41) is 11.6. The summed E-state index contributed by atoms with van der Waals surface area (Å²) in [6.45, 7) is 6.66. The molecule has 0 radical (unpaired) electrons. The van der Waals surface area contributed by atoms with Crippen LogP contribution in [0.1, 0.15) is 37.1 Å². The quantitative estimate of drug-likeness (QED) is 0.521.